The standard InChI is InChI=1S/C17H16N2O3/c1-11(20)18-14-4-2-3-13(10-14)17(21)19-15-5-6-16-12(9-15)7-8-22-16/h2-6,9-10H,7-8H2,1H3,(H,18,20)(H,19,21). The van der Waals surface area contributed by atoms with Crippen molar-refractivity contribution >= 4 is 23.2 Å². The van der Waals surface area contributed by atoms with Gasteiger partial charge in [-0.3, -0.25) is 9.59 Å². The molecule has 5 nitrogen and oxygen atoms in total. The minimum absolute atomic E-state index is 0.170. The topological polar surface area (TPSA) is 67.4 Å². The highest BCUT2D eigenvalue weighted by atomic mass is 16.5. The lowest BCUT2D eigenvalue weighted by molar-refractivity contribution is -0.114. The number of ether oxygens (including phenoxy) is 1. The third kappa shape index (κ3) is 3.09. The van der Waals surface area contributed by atoms with Gasteiger partial charge in [-0.1, -0.05) is 6.07 Å². The van der Waals surface area contributed by atoms with Gasteiger partial charge in [0.25, 0.3) is 5.91 Å². The van der Waals surface area contributed by atoms with E-state index in [1.807, 2.05) is 18.2 Å². The summed E-state index contributed by atoms with van der Waals surface area (Å²) in [6.45, 7) is 2.12. The first-order valence-corrected chi connectivity index (χ1v) is 7.06. The Morgan fingerprint density at radius 2 is 1.86 bits per heavy atom. The van der Waals surface area contributed by atoms with Crippen molar-refractivity contribution in [3.63, 3.8) is 0 Å². The summed E-state index contributed by atoms with van der Waals surface area (Å²) in [5.41, 5.74) is 2.93. The van der Waals surface area contributed by atoms with Crippen LogP contribution in [0.15, 0.2) is 42.5 Å². The van der Waals surface area contributed by atoms with Crippen molar-refractivity contribution in [3.8, 4) is 5.75 Å². The maximum atomic E-state index is 12.3. The van der Waals surface area contributed by atoms with Crippen LogP contribution >= 0.6 is 0 Å². The van der Waals surface area contributed by atoms with E-state index in [4.69, 9.17) is 4.74 Å². The molecule has 2 aromatic carbocycles. The number of nitrogens with one attached hydrogen (secondary N) is 2. The number of amides is 2. The molecule has 0 spiro atoms. The van der Waals surface area contributed by atoms with E-state index in [9.17, 15) is 9.59 Å². The van der Waals surface area contributed by atoms with E-state index in [1.54, 1.807) is 24.3 Å². The van der Waals surface area contributed by atoms with Gasteiger partial charge in [-0.15, -0.1) is 0 Å². The van der Waals surface area contributed by atoms with Gasteiger partial charge in [0.1, 0.15) is 5.75 Å². The van der Waals surface area contributed by atoms with Gasteiger partial charge in [-0.2, -0.15) is 0 Å². The second-order valence-corrected chi connectivity index (χ2v) is 5.14. The average molecular weight is 296 g/mol. The van der Waals surface area contributed by atoms with E-state index in [2.05, 4.69) is 10.6 Å². The maximum Gasteiger partial charge on any atom is 0.255 e. The predicted octanol–water partition coefficient (Wildman–Crippen LogP) is 2.83. The van der Waals surface area contributed by atoms with Gasteiger partial charge in [0, 0.05) is 30.3 Å². The largest absolute Gasteiger partial charge is 0.493 e. The Kier molecular flexibility index (Phi) is 3.78. The highest BCUT2D eigenvalue weighted by Gasteiger charge is 2.13. The fourth-order valence-electron chi connectivity index (χ4n) is 2.41. The molecule has 0 aliphatic carbocycles. The van der Waals surface area contributed by atoms with Gasteiger partial charge >= 0.3 is 0 Å². The summed E-state index contributed by atoms with van der Waals surface area (Å²) < 4.78 is 5.44. The minimum atomic E-state index is -0.217. The normalized spacial score (nSPS) is 12.2. The molecular weight excluding hydrogens is 280 g/mol. The van der Waals surface area contributed by atoms with Crippen molar-refractivity contribution in [3.05, 3.63) is 53.6 Å². The number of hydrogen-bond donors (Lipinski definition) is 2. The number of benzene rings is 2. The van der Waals surface area contributed by atoms with Gasteiger partial charge in [-0.05, 0) is 42.0 Å². The highest BCUT2D eigenvalue weighted by Crippen LogP contribution is 2.28. The predicted molar refractivity (Wildman–Crippen MR) is 84.3 cm³/mol. The van der Waals surface area contributed by atoms with Crippen molar-refractivity contribution in [2.24, 2.45) is 0 Å². The lowest BCUT2D eigenvalue weighted by Crippen LogP contribution is -2.13. The van der Waals surface area contributed by atoms with Crippen LogP contribution in [0.3, 0.4) is 0 Å². The molecule has 22 heavy (non-hydrogen) atoms. The minimum Gasteiger partial charge on any atom is -0.493 e. The van der Waals surface area contributed by atoms with Crippen molar-refractivity contribution in [2.45, 2.75) is 13.3 Å². The maximum absolute atomic E-state index is 12.3. The van der Waals surface area contributed by atoms with Crippen molar-refractivity contribution in [2.75, 3.05) is 17.2 Å². The summed E-state index contributed by atoms with van der Waals surface area (Å²) in [6, 6.07) is 12.4. The number of carbonyl (C=O) groups is 2. The Hall–Kier alpha value is -2.82. The Morgan fingerprint density at radius 1 is 1.05 bits per heavy atom. The van der Waals surface area contributed by atoms with E-state index in [-0.39, 0.29) is 11.8 Å². The van der Waals surface area contributed by atoms with Crippen LogP contribution in [0.4, 0.5) is 11.4 Å². The first-order valence-electron chi connectivity index (χ1n) is 7.06. The van der Waals surface area contributed by atoms with Crippen LogP contribution in [0.5, 0.6) is 5.75 Å². The molecule has 0 radical (unpaired) electrons. The van der Waals surface area contributed by atoms with E-state index < -0.39 is 0 Å². The Morgan fingerprint density at radius 3 is 2.68 bits per heavy atom. The van der Waals surface area contributed by atoms with Crippen LogP contribution in [0.25, 0.3) is 0 Å². The van der Waals surface area contributed by atoms with Crippen molar-refractivity contribution < 1.29 is 14.3 Å². The lowest BCUT2D eigenvalue weighted by Gasteiger charge is -2.08. The van der Waals surface area contributed by atoms with Crippen LogP contribution in [-0.4, -0.2) is 18.4 Å². The van der Waals surface area contributed by atoms with Crippen LogP contribution in [-0.2, 0) is 11.2 Å². The SMILES string of the molecule is CC(=O)Nc1cccc(C(=O)Nc2ccc3c(c2)CCO3)c1. The van der Waals surface area contributed by atoms with Crippen molar-refractivity contribution in [1.82, 2.24) is 0 Å². The van der Waals surface area contributed by atoms with Crippen LogP contribution in [0.2, 0.25) is 0 Å². The summed E-state index contributed by atoms with van der Waals surface area (Å²) in [7, 11) is 0. The van der Waals surface area contributed by atoms with Gasteiger partial charge < -0.3 is 15.4 Å². The summed E-state index contributed by atoms with van der Waals surface area (Å²) in [5.74, 6) is 0.493. The van der Waals surface area contributed by atoms with Crippen LogP contribution < -0.4 is 15.4 Å². The number of anilines is 2. The molecule has 2 aromatic rings. The summed E-state index contributed by atoms with van der Waals surface area (Å²) in [4.78, 5) is 23.4. The Bertz CT molecular complexity index is 740. The Balaban J connectivity index is 1.75. The summed E-state index contributed by atoms with van der Waals surface area (Å²) >= 11 is 0. The third-order valence-corrected chi connectivity index (χ3v) is 3.39. The molecule has 1 heterocycles. The van der Waals surface area contributed by atoms with Gasteiger partial charge in [0.15, 0.2) is 0 Å². The second-order valence-electron chi connectivity index (χ2n) is 5.14. The quantitative estimate of drug-likeness (QED) is 0.915. The van der Waals surface area contributed by atoms with Gasteiger partial charge in [0.05, 0.1) is 6.61 Å². The molecule has 1 aliphatic rings. The van der Waals surface area contributed by atoms with Crippen molar-refractivity contribution in [1.29, 1.82) is 0 Å². The Labute approximate surface area is 128 Å². The fourth-order valence-corrected chi connectivity index (χ4v) is 2.41. The molecule has 0 fully saturated rings. The van der Waals surface area contributed by atoms with Crippen LogP contribution in [0.1, 0.15) is 22.8 Å². The zero-order chi connectivity index (χ0) is 15.5. The molecule has 0 aromatic heterocycles. The summed E-state index contributed by atoms with van der Waals surface area (Å²) in [6.07, 6.45) is 0.858. The van der Waals surface area contributed by atoms with Crippen LogP contribution in [0, 0.1) is 0 Å². The third-order valence-electron chi connectivity index (χ3n) is 3.39. The van der Waals surface area contributed by atoms with E-state index in [1.165, 1.54) is 6.92 Å². The first-order chi connectivity index (χ1) is 10.6. The molecule has 0 unspecified atom stereocenters. The molecular formula is C17H16N2O3. The molecule has 3 rings (SSSR count). The second kappa shape index (κ2) is 5.89. The number of carbonyl (C=O) groups excluding carboxylic acids is 2. The van der Waals surface area contributed by atoms with Gasteiger partial charge in [0.2, 0.25) is 5.91 Å². The monoisotopic (exact) mass is 296 g/mol. The zero-order valence-corrected chi connectivity index (χ0v) is 12.2. The smallest absolute Gasteiger partial charge is 0.255 e. The highest BCUT2D eigenvalue weighted by molar-refractivity contribution is 6.05. The molecule has 0 bridgehead atoms. The van der Waals surface area contributed by atoms with E-state index in [0.29, 0.717) is 17.9 Å². The molecule has 5 heteroatoms. The molecule has 1 aliphatic heterocycles. The average Bonchev–Trinajstić information content (AvgIpc) is 2.94. The molecule has 112 valence electrons. The zero-order valence-electron chi connectivity index (χ0n) is 12.2. The number of hydrogen-bond acceptors (Lipinski definition) is 3. The first kappa shape index (κ1) is 14.1. The molecule has 2 N–H and O–H groups in total. The fraction of sp³-hybridized carbons (Fsp3) is 0.176. The van der Waals surface area contributed by atoms with E-state index in [0.717, 1.165) is 23.4 Å². The lowest BCUT2D eigenvalue weighted by atomic mass is 10.1. The molecule has 0 atom stereocenters. The van der Waals surface area contributed by atoms with E-state index >= 15 is 0 Å². The molecule has 0 saturated carbocycles. The molecule has 2 amide bonds. The summed E-state index contributed by atoms with van der Waals surface area (Å²) in [5, 5.41) is 5.52. The molecule has 0 saturated heterocycles. The number of fused-ring (bicyclic) bond motifs is 1. The van der Waals surface area contributed by atoms with Gasteiger partial charge in [-0.25, -0.2) is 0 Å². The number of rotatable bonds is 3.